The van der Waals surface area contributed by atoms with Gasteiger partial charge in [-0.1, -0.05) is 36.4 Å². The van der Waals surface area contributed by atoms with Gasteiger partial charge in [0.1, 0.15) is 47.7 Å². The Balaban J connectivity index is 1.52. The van der Waals surface area contributed by atoms with Gasteiger partial charge in [-0.15, -0.1) is 0 Å². The molecule has 0 heterocycles. The third kappa shape index (κ3) is 8.88. The number of rotatable bonds is 18. The molecule has 4 aromatic rings. The summed E-state index contributed by atoms with van der Waals surface area (Å²) in [7, 11) is 4.44. The molecule has 3 N–H and O–H groups in total. The molecular formula is C38H42N2O9. The van der Waals surface area contributed by atoms with Gasteiger partial charge in [0.15, 0.2) is 12.6 Å². The molecule has 0 unspecified atom stereocenters. The molecule has 258 valence electrons. The zero-order valence-corrected chi connectivity index (χ0v) is 28.4. The Kier molecular flexibility index (Phi) is 13.0. The highest BCUT2D eigenvalue weighted by Gasteiger charge is 2.17. The second kappa shape index (κ2) is 17.6. The predicted molar refractivity (Wildman–Crippen MR) is 186 cm³/mol. The number of nitrogens with two attached hydrogens (primary N) is 1. The van der Waals surface area contributed by atoms with Crippen LogP contribution in [-0.2, 0) is 18.0 Å². The number of hydrogen-bond donors (Lipinski definition) is 2. The van der Waals surface area contributed by atoms with E-state index in [1.807, 2.05) is 31.2 Å². The number of benzene rings is 4. The molecule has 11 heteroatoms. The fraction of sp³-hybridized carbons (Fsp3) is 0.289. The average Bonchev–Trinajstić information content (AvgIpc) is 3.12. The summed E-state index contributed by atoms with van der Waals surface area (Å²) in [6.07, 6.45) is 1.44. The van der Waals surface area contributed by atoms with Crippen LogP contribution in [0.4, 0.5) is 0 Å². The summed E-state index contributed by atoms with van der Waals surface area (Å²) >= 11 is 0. The second-order valence-corrected chi connectivity index (χ2v) is 11.0. The number of methoxy groups -OCH3 is 3. The van der Waals surface area contributed by atoms with Crippen molar-refractivity contribution in [2.24, 2.45) is 5.73 Å². The molecule has 0 aliphatic carbocycles. The van der Waals surface area contributed by atoms with Gasteiger partial charge in [0, 0.05) is 37.4 Å². The van der Waals surface area contributed by atoms with E-state index in [1.54, 1.807) is 24.3 Å². The number of carbonyl (C=O) groups is 3. The number of nitrogens with one attached hydrogen (secondary N) is 1. The quantitative estimate of drug-likeness (QED) is 0.128. The molecule has 49 heavy (non-hydrogen) atoms. The van der Waals surface area contributed by atoms with Gasteiger partial charge in [-0.25, -0.2) is 0 Å². The van der Waals surface area contributed by atoms with Crippen molar-refractivity contribution in [3.63, 3.8) is 0 Å². The van der Waals surface area contributed by atoms with E-state index in [0.717, 1.165) is 33.4 Å². The number of hydrogen-bond acceptors (Lipinski definition) is 10. The molecule has 4 rings (SSSR count). The van der Waals surface area contributed by atoms with Crippen LogP contribution < -0.4 is 39.5 Å². The van der Waals surface area contributed by atoms with Crippen LogP contribution in [0.2, 0.25) is 0 Å². The SMILES string of the molecule is COc1cc(OCc2cccc(-c3cccc(COc4cc(OC)c(C=O)c(OCCC(=O)NCCN)c4)c3C)c2C)cc(OC)c1C=O. The molecule has 0 bridgehead atoms. The maximum atomic E-state index is 12.0. The Morgan fingerprint density at radius 1 is 0.694 bits per heavy atom. The number of amides is 1. The van der Waals surface area contributed by atoms with E-state index in [4.69, 9.17) is 34.2 Å². The van der Waals surface area contributed by atoms with Crippen LogP contribution in [0.5, 0.6) is 34.5 Å². The van der Waals surface area contributed by atoms with E-state index in [9.17, 15) is 14.4 Å². The lowest BCUT2D eigenvalue weighted by molar-refractivity contribution is -0.121. The summed E-state index contributed by atoms with van der Waals surface area (Å²) < 4.78 is 34.3. The highest BCUT2D eigenvalue weighted by Crippen LogP contribution is 2.36. The van der Waals surface area contributed by atoms with Gasteiger partial charge in [0.05, 0.1) is 45.5 Å². The fourth-order valence-corrected chi connectivity index (χ4v) is 5.32. The Hall–Kier alpha value is -5.55. The Morgan fingerprint density at radius 3 is 1.57 bits per heavy atom. The maximum Gasteiger partial charge on any atom is 0.223 e. The van der Waals surface area contributed by atoms with Crippen molar-refractivity contribution in [2.75, 3.05) is 41.0 Å². The fourth-order valence-electron chi connectivity index (χ4n) is 5.32. The minimum absolute atomic E-state index is 0.0588. The van der Waals surface area contributed by atoms with Crippen LogP contribution >= 0.6 is 0 Å². The third-order valence-electron chi connectivity index (χ3n) is 8.07. The maximum absolute atomic E-state index is 12.0. The molecule has 11 nitrogen and oxygen atoms in total. The standard InChI is InChI=1S/C38H42N2O9/c1-24-26(22-48-28-16-34(44-3)32(20-41)35(17-28)45-4)8-6-10-30(24)31-11-7-9-27(25(31)2)23-49-29-18-36(46-5)33(21-42)37(19-29)47-15-12-38(43)40-14-13-39/h6-11,16-21H,12-15,22-23,39H2,1-5H3,(H,40,43). The largest absolute Gasteiger partial charge is 0.496 e. The van der Waals surface area contributed by atoms with E-state index in [-0.39, 0.29) is 43.5 Å². The van der Waals surface area contributed by atoms with Crippen molar-refractivity contribution in [1.82, 2.24) is 5.32 Å². The molecule has 4 aromatic carbocycles. The lowest BCUT2D eigenvalue weighted by Gasteiger charge is -2.18. The van der Waals surface area contributed by atoms with Gasteiger partial charge >= 0.3 is 0 Å². The molecule has 0 atom stereocenters. The lowest BCUT2D eigenvalue weighted by atomic mass is 9.92. The van der Waals surface area contributed by atoms with Gasteiger partial charge in [0.25, 0.3) is 0 Å². The van der Waals surface area contributed by atoms with E-state index < -0.39 is 0 Å². The molecule has 0 aromatic heterocycles. The van der Waals surface area contributed by atoms with Gasteiger partial charge in [-0.2, -0.15) is 0 Å². The Morgan fingerprint density at radius 2 is 1.14 bits per heavy atom. The summed E-state index contributed by atoms with van der Waals surface area (Å²) in [5.41, 5.74) is 12.1. The van der Waals surface area contributed by atoms with E-state index in [2.05, 4.69) is 24.4 Å². The van der Waals surface area contributed by atoms with Crippen LogP contribution in [0.15, 0.2) is 60.7 Å². The van der Waals surface area contributed by atoms with Gasteiger partial charge in [-0.05, 0) is 47.2 Å². The zero-order chi connectivity index (χ0) is 35.3. The number of ether oxygens (including phenoxy) is 6. The molecule has 0 aliphatic rings. The summed E-state index contributed by atoms with van der Waals surface area (Å²) in [5.74, 6) is 2.05. The molecule has 0 aliphatic heterocycles. The van der Waals surface area contributed by atoms with Crippen molar-refractivity contribution in [3.05, 3.63) is 94.0 Å². The van der Waals surface area contributed by atoms with Gasteiger partial charge in [0.2, 0.25) is 5.91 Å². The molecule has 0 fully saturated rings. The van der Waals surface area contributed by atoms with Crippen LogP contribution in [0, 0.1) is 13.8 Å². The van der Waals surface area contributed by atoms with Crippen molar-refractivity contribution in [1.29, 1.82) is 0 Å². The number of carbonyl (C=O) groups excluding carboxylic acids is 3. The smallest absolute Gasteiger partial charge is 0.223 e. The average molecular weight is 671 g/mol. The zero-order valence-electron chi connectivity index (χ0n) is 28.4. The first-order valence-corrected chi connectivity index (χ1v) is 15.7. The highest BCUT2D eigenvalue weighted by molar-refractivity contribution is 5.85. The normalized spacial score (nSPS) is 10.6. The monoisotopic (exact) mass is 670 g/mol. The summed E-state index contributed by atoms with van der Waals surface area (Å²) in [4.78, 5) is 35.4. The van der Waals surface area contributed by atoms with Crippen LogP contribution in [-0.4, -0.2) is 59.5 Å². The van der Waals surface area contributed by atoms with Crippen molar-refractivity contribution >= 4 is 18.5 Å². The van der Waals surface area contributed by atoms with Crippen LogP contribution in [0.25, 0.3) is 11.1 Å². The third-order valence-corrected chi connectivity index (χ3v) is 8.07. The Labute approximate surface area is 286 Å². The molecular weight excluding hydrogens is 628 g/mol. The molecule has 0 saturated heterocycles. The predicted octanol–water partition coefficient (Wildman–Crippen LogP) is 5.62. The molecule has 0 spiro atoms. The summed E-state index contributed by atoms with van der Waals surface area (Å²) in [6, 6.07) is 18.7. The van der Waals surface area contributed by atoms with E-state index in [1.165, 1.54) is 21.3 Å². The van der Waals surface area contributed by atoms with Crippen LogP contribution in [0.3, 0.4) is 0 Å². The van der Waals surface area contributed by atoms with E-state index >= 15 is 0 Å². The summed E-state index contributed by atoms with van der Waals surface area (Å²) in [5, 5.41) is 2.68. The first kappa shape index (κ1) is 36.3. The number of aldehydes is 2. The molecule has 1 amide bonds. The van der Waals surface area contributed by atoms with Gasteiger partial charge in [-0.3, -0.25) is 14.4 Å². The van der Waals surface area contributed by atoms with Crippen molar-refractivity contribution in [2.45, 2.75) is 33.5 Å². The molecule has 0 radical (unpaired) electrons. The second-order valence-electron chi connectivity index (χ2n) is 11.0. The van der Waals surface area contributed by atoms with Crippen LogP contribution in [0.1, 0.15) is 49.4 Å². The first-order valence-electron chi connectivity index (χ1n) is 15.7. The van der Waals surface area contributed by atoms with E-state index in [0.29, 0.717) is 60.0 Å². The minimum Gasteiger partial charge on any atom is -0.496 e. The highest BCUT2D eigenvalue weighted by atomic mass is 16.5. The Bertz CT molecular complexity index is 1760. The summed E-state index contributed by atoms with van der Waals surface area (Å²) in [6.45, 7) is 5.41. The van der Waals surface area contributed by atoms with Crippen molar-refractivity contribution in [3.8, 4) is 45.6 Å². The minimum atomic E-state index is -0.201. The topological polar surface area (TPSA) is 145 Å². The van der Waals surface area contributed by atoms with Crippen molar-refractivity contribution < 1.29 is 42.8 Å². The lowest BCUT2D eigenvalue weighted by Crippen LogP contribution is -2.29. The molecule has 0 saturated carbocycles. The first-order chi connectivity index (χ1) is 23.8. The van der Waals surface area contributed by atoms with Gasteiger partial charge < -0.3 is 39.5 Å².